The smallest absolute Gasteiger partial charge is 0.290 e. The van der Waals surface area contributed by atoms with Gasteiger partial charge in [-0.15, -0.1) is 0 Å². The fourth-order valence-electron chi connectivity index (χ4n) is 3.85. The second kappa shape index (κ2) is 12.8. The van der Waals surface area contributed by atoms with Crippen molar-refractivity contribution < 1.29 is 29.0 Å². The number of piperidine rings is 1. The summed E-state index contributed by atoms with van der Waals surface area (Å²) in [6.07, 6.45) is 4.25. The van der Waals surface area contributed by atoms with Gasteiger partial charge in [0.25, 0.3) is 12.4 Å². The predicted octanol–water partition coefficient (Wildman–Crippen LogP) is 2.40. The third-order valence-electron chi connectivity index (χ3n) is 5.58. The van der Waals surface area contributed by atoms with Crippen molar-refractivity contribution in [1.82, 2.24) is 10.2 Å². The number of benzene rings is 1. The standard InChI is InChI=1S/C21H31N3O4.CH2O2/c1-4-16-12-17(28-23-16)14-24-10-8-15(9-11-24)13-22-21(25)20-18(26-2)6-5-7-19(20)27-3;2-1-3/h5-7,15,17H,4,8-14H2,1-3H3,(H,22,25);1H,(H,2,3). The topological polar surface area (TPSA) is 110 Å². The fourth-order valence-corrected chi connectivity index (χ4v) is 3.85. The van der Waals surface area contributed by atoms with Crippen LogP contribution in [0, 0.1) is 5.92 Å². The molecule has 1 saturated heterocycles. The molecule has 1 unspecified atom stereocenters. The van der Waals surface area contributed by atoms with Crippen LogP contribution in [0.3, 0.4) is 0 Å². The molecular weight excluding hydrogens is 402 g/mol. The van der Waals surface area contributed by atoms with E-state index >= 15 is 0 Å². The van der Waals surface area contributed by atoms with Crippen molar-refractivity contribution in [3.63, 3.8) is 0 Å². The highest BCUT2D eigenvalue weighted by molar-refractivity contribution is 5.99. The number of hydrogen-bond acceptors (Lipinski definition) is 7. The Kier molecular flexibility index (Phi) is 10.1. The van der Waals surface area contributed by atoms with E-state index in [9.17, 15) is 4.79 Å². The van der Waals surface area contributed by atoms with Crippen LogP contribution >= 0.6 is 0 Å². The lowest BCUT2D eigenvalue weighted by molar-refractivity contribution is -0.122. The number of hydrogen-bond donors (Lipinski definition) is 2. The summed E-state index contributed by atoms with van der Waals surface area (Å²) >= 11 is 0. The number of methoxy groups -OCH3 is 2. The number of likely N-dealkylation sites (tertiary alicyclic amines) is 1. The lowest BCUT2D eigenvalue weighted by Gasteiger charge is -2.33. The maximum atomic E-state index is 12.7. The third-order valence-corrected chi connectivity index (χ3v) is 5.58. The molecule has 2 aliphatic heterocycles. The highest BCUT2D eigenvalue weighted by Crippen LogP contribution is 2.28. The molecule has 1 fully saturated rings. The van der Waals surface area contributed by atoms with Gasteiger partial charge in [-0.1, -0.05) is 18.1 Å². The molecule has 0 bridgehead atoms. The maximum absolute atomic E-state index is 12.7. The summed E-state index contributed by atoms with van der Waals surface area (Å²) in [7, 11) is 3.12. The molecular formula is C22H33N3O6. The number of amides is 1. The highest BCUT2D eigenvalue weighted by atomic mass is 16.6. The van der Waals surface area contributed by atoms with Gasteiger partial charge in [-0.05, 0) is 50.4 Å². The van der Waals surface area contributed by atoms with Crippen LogP contribution in [-0.4, -0.2) is 74.6 Å². The Morgan fingerprint density at radius 2 is 1.90 bits per heavy atom. The van der Waals surface area contributed by atoms with Crippen LogP contribution in [0.25, 0.3) is 0 Å². The van der Waals surface area contributed by atoms with Gasteiger partial charge in [-0.3, -0.25) is 14.5 Å². The Labute approximate surface area is 183 Å². The molecule has 172 valence electrons. The first kappa shape index (κ1) is 24.5. The van der Waals surface area contributed by atoms with Gasteiger partial charge in [0.05, 0.1) is 19.9 Å². The van der Waals surface area contributed by atoms with Gasteiger partial charge in [0.15, 0.2) is 0 Å². The average Bonchev–Trinajstić information content (AvgIpc) is 3.25. The first-order chi connectivity index (χ1) is 15.1. The van der Waals surface area contributed by atoms with Crippen molar-refractivity contribution >= 4 is 18.1 Å². The minimum atomic E-state index is -0.250. The van der Waals surface area contributed by atoms with Crippen LogP contribution in [0.15, 0.2) is 23.4 Å². The molecule has 0 aliphatic carbocycles. The lowest BCUT2D eigenvalue weighted by Crippen LogP contribution is -2.41. The number of carbonyl (C=O) groups excluding carboxylic acids is 1. The van der Waals surface area contributed by atoms with Crippen LogP contribution in [0.1, 0.15) is 43.0 Å². The Balaban J connectivity index is 0.00000107. The molecule has 3 rings (SSSR count). The van der Waals surface area contributed by atoms with Crippen molar-refractivity contribution in [2.24, 2.45) is 11.1 Å². The van der Waals surface area contributed by atoms with E-state index in [4.69, 9.17) is 24.2 Å². The van der Waals surface area contributed by atoms with Crippen molar-refractivity contribution in [3.05, 3.63) is 23.8 Å². The molecule has 9 heteroatoms. The van der Waals surface area contributed by atoms with Crippen LogP contribution in [0.5, 0.6) is 11.5 Å². The zero-order valence-corrected chi connectivity index (χ0v) is 18.5. The number of oxime groups is 1. The summed E-state index contributed by atoms with van der Waals surface area (Å²) in [6.45, 7) is 5.52. The zero-order chi connectivity index (χ0) is 22.6. The van der Waals surface area contributed by atoms with E-state index in [1.165, 1.54) is 0 Å². The minimum Gasteiger partial charge on any atom is -0.496 e. The maximum Gasteiger partial charge on any atom is 0.290 e. The largest absolute Gasteiger partial charge is 0.496 e. The van der Waals surface area contributed by atoms with Crippen molar-refractivity contribution in [2.75, 3.05) is 40.4 Å². The summed E-state index contributed by atoms with van der Waals surface area (Å²) in [6, 6.07) is 5.36. The molecule has 2 aliphatic rings. The predicted molar refractivity (Wildman–Crippen MR) is 117 cm³/mol. The van der Waals surface area contributed by atoms with Crippen LogP contribution in [0.2, 0.25) is 0 Å². The first-order valence-corrected chi connectivity index (χ1v) is 10.6. The summed E-state index contributed by atoms with van der Waals surface area (Å²) in [5, 5.41) is 14.1. The lowest BCUT2D eigenvalue weighted by atomic mass is 9.96. The molecule has 0 radical (unpaired) electrons. The first-order valence-electron chi connectivity index (χ1n) is 10.6. The SMILES string of the molecule is CCC1=NOC(CN2CCC(CNC(=O)c3c(OC)cccc3OC)CC2)C1.O=CO. The average molecular weight is 436 g/mol. The number of nitrogens with one attached hydrogen (secondary N) is 1. The van der Waals surface area contributed by atoms with Gasteiger partial charge >= 0.3 is 0 Å². The van der Waals surface area contributed by atoms with Crippen LogP contribution in [0.4, 0.5) is 0 Å². The zero-order valence-electron chi connectivity index (χ0n) is 18.5. The normalized spacial score (nSPS) is 18.8. The molecule has 2 heterocycles. The fraction of sp³-hybridized carbons (Fsp3) is 0.591. The molecule has 1 amide bonds. The number of nitrogens with zero attached hydrogens (tertiary/aromatic N) is 2. The van der Waals surface area contributed by atoms with E-state index in [0.717, 1.165) is 51.0 Å². The van der Waals surface area contributed by atoms with Crippen LogP contribution in [-0.2, 0) is 9.63 Å². The van der Waals surface area contributed by atoms with E-state index in [1.807, 2.05) is 6.07 Å². The van der Waals surface area contributed by atoms with Gasteiger partial charge in [0, 0.05) is 19.5 Å². The van der Waals surface area contributed by atoms with Gasteiger partial charge in [-0.2, -0.15) is 0 Å². The van der Waals surface area contributed by atoms with E-state index in [-0.39, 0.29) is 18.5 Å². The molecule has 9 nitrogen and oxygen atoms in total. The molecule has 1 atom stereocenters. The minimum absolute atomic E-state index is 0.152. The van der Waals surface area contributed by atoms with Gasteiger partial charge in [-0.25, -0.2) is 0 Å². The summed E-state index contributed by atoms with van der Waals surface area (Å²) < 4.78 is 10.7. The monoisotopic (exact) mass is 435 g/mol. The molecule has 2 N–H and O–H groups in total. The molecule has 31 heavy (non-hydrogen) atoms. The second-order valence-corrected chi connectivity index (χ2v) is 7.54. The van der Waals surface area contributed by atoms with Crippen molar-refractivity contribution in [2.45, 2.75) is 38.7 Å². The molecule has 0 saturated carbocycles. The van der Waals surface area contributed by atoms with Crippen molar-refractivity contribution in [3.8, 4) is 11.5 Å². The van der Waals surface area contributed by atoms with Crippen molar-refractivity contribution in [1.29, 1.82) is 0 Å². The number of ether oxygens (including phenoxy) is 2. The highest BCUT2D eigenvalue weighted by Gasteiger charge is 2.26. The van der Waals surface area contributed by atoms with E-state index in [1.54, 1.807) is 26.4 Å². The third kappa shape index (κ3) is 7.13. The van der Waals surface area contributed by atoms with Gasteiger partial charge < -0.3 is 24.7 Å². The molecule has 0 spiro atoms. The van der Waals surface area contributed by atoms with Gasteiger partial charge in [0.1, 0.15) is 23.2 Å². The summed E-state index contributed by atoms with van der Waals surface area (Å²) in [5.41, 5.74) is 1.62. The number of carbonyl (C=O) groups is 2. The van der Waals surface area contributed by atoms with E-state index in [0.29, 0.717) is 29.5 Å². The molecule has 1 aromatic carbocycles. The quantitative estimate of drug-likeness (QED) is 0.604. The number of carboxylic acid groups (broad SMARTS) is 1. The number of rotatable bonds is 8. The van der Waals surface area contributed by atoms with E-state index in [2.05, 4.69) is 22.3 Å². The van der Waals surface area contributed by atoms with Gasteiger partial charge in [0.2, 0.25) is 0 Å². The molecule has 0 aromatic heterocycles. The second-order valence-electron chi connectivity index (χ2n) is 7.54. The Morgan fingerprint density at radius 3 is 2.42 bits per heavy atom. The van der Waals surface area contributed by atoms with E-state index < -0.39 is 0 Å². The Bertz CT molecular complexity index is 725. The Hall–Kier alpha value is -2.81. The Morgan fingerprint density at radius 1 is 1.29 bits per heavy atom. The van der Waals surface area contributed by atoms with Crippen LogP contribution < -0.4 is 14.8 Å². The summed E-state index contributed by atoms with van der Waals surface area (Å²) in [5.74, 6) is 1.38. The summed E-state index contributed by atoms with van der Waals surface area (Å²) in [4.78, 5) is 29.0. The molecule has 1 aromatic rings.